The SMILES string of the molecule is CCc1ccc(S(=O)(=O)CCCC(C)C)cc1C(=O)O. The summed E-state index contributed by atoms with van der Waals surface area (Å²) in [6.07, 6.45) is 2.01. The van der Waals surface area contributed by atoms with Gasteiger partial charge in [-0.25, -0.2) is 13.2 Å². The van der Waals surface area contributed by atoms with Gasteiger partial charge in [-0.3, -0.25) is 0 Å². The van der Waals surface area contributed by atoms with Crippen molar-refractivity contribution < 1.29 is 18.3 Å². The molecule has 0 aliphatic carbocycles. The Labute approximate surface area is 120 Å². The van der Waals surface area contributed by atoms with E-state index >= 15 is 0 Å². The maximum absolute atomic E-state index is 12.2. The largest absolute Gasteiger partial charge is 0.478 e. The molecule has 0 bridgehead atoms. The molecule has 0 heterocycles. The van der Waals surface area contributed by atoms with Crippen molar-refractivity contribution in [3.63, 3.8) is 0 Å². The summed E-state index contributed by atoms with van der Waals surface area (Å²) in [6.45, 7) is 5.94. The second-order valence-corrected chi connectivity index (χ2v) is 7.44. The van der Waals surface area contributed by atoms with Crippen LogP contribution in [0.3, 0.4) is 0 Å². The lowest BCUT2D eigenvalue weighted by Gasteiger charge is -2.09. The predicted octanol–water partition coefficient (Wildman–Crippen LogP) is 3.16. The molecule has 0 aliphatic rings. The third-order valence-electron chi connectivity index (χ3n) is 3.25. The Hall–Kier alpha value is -1.36. The molecule has 20 heavy (non-hydrogen) atoms. The van der Waals surface area contributed by atoms with Gasteiger partial charge in [-0.05, 0) is 42.9 Å². The Morgan fingerprint density at radius 2 is 1.95 bits per heavy atom. The number of carboxylic acid groups (broad SMARTS) is 1. The van der Waals surface area contributed by atoms with Crippen LogP contribution in [0.2, 0.25) is 0 Å². The van der Waals surface area contributed by atoms with Gasteiger partial charge in [0.2, 0.25) is 0 Å². The maximum Gasteiger partial charge on any atom is 0.336 e. The summed E-state index contributed by atoms with van der Waals surface area (Å²) >= 11 is 0. The Balaban J connectivity index is 3.01. The summed E-state index contributed by atoms with van der Waals surface area (Å²) < 4.78 is 24.4. The van der Waals surface area contributed by atoms with Crippen molar-refractivity contribution in [2.75, 3.05) is 5.75 Å². The van der Waals surface area contributed by atoms with Gasteiger partial charge in [0.05, 0.1) is 16.2 Å². The molecule has 0 saturated carbocycles. The number of aryl methyl sites for hydroxylation is 1. The highest BCUT2D eigenvalue weighted by molar-refractivity contribution is 7.91. The molecule has 0 aliphatic heterocycles. The van der Waals surface area contributed by atoms with Gasteiger partial charge in [0.1, 0.15) is 0 Å². The highest BCUT2D eigenvalue weighted by Crippen LogP contribution is 2.19. The summed E-state index contributed by atoms with van der Waals surface area (Å²) in [6, 6.07) is 4.39. The van der Waals surface area contributed by atoms with E-state index in [0.717, 1.165) is 6.42 Å². The monoisotopic (exact) mass is 298 g/mol. The molecular formula is C15H22O4S. The molecule has 1 N–H and O–H groups in total. The third kappa shape index (κ3) is 4.34. The average molecular weight is 298 g/mol. The molecule has 1 rings (SSSR count). The van der Waals surface area contributed by atoms with Crippen molar-refractivity contribution in [3.05, 3.63) is 29.3 Å². The molecule has 4 nitrogen and oxygen atoms in total. The zero-order valence-electron chi connectivity index (χ0n) is 12.2. The van der Waals surface area contributed by atoms with Crippen LogP contribution in [0, 0.1) is 5.92 Å². The average Bonchev–Trinajstić information content (AvgIpc) is 2.37. The normalized spacial score (nSPS) is 11.8. The van der Waals surface area contributed by atoms with Crippen LogP contribution in [-0.2, 0) is 16.3 Å². The summed E-state index contributed by atoms with van der Waals surface area (Å²) in [5, 5.41) is 9.14. The van der Waals surface area contributed by atoms with Crippen LogP contribution in [0.1, 0.15) is 49.5 Å². The number of carbonyl (C=O) groups is 1. The van der Waals surface area contributed by atoms with Crippen molar-refractivity contribution in [2.24, 2.45) is 5.92 Å². The molecule has 0 atom stereocenters. The van der Waals surface area contributed by atoms with E-state index in [1.807, 2.05) is 20.8 Å². The number of sulfone groups is 1. The number of carboxylic acids is 1. The van der Waals surface area contributed by atoms with Crippen LogP contribution in [0.15, 0.2) is 23.1 Å². The standard InChI is InChI=1S/C15H22O4S/c1-4-12-7-8-13(10-14(12)15(16)17)20(18,19)9-5-6-11(2)3/h7-8,10-11H,4-6,9H2,1-3H3,(H,16,17). The number of aromatic carboxylic acids is 1. The second kappa shape index (κ2) is 6.88. The van der Waals surface area contributed by atoms with Crippen molar-refractivity contribution in [2.45, 2.75) is 44.9 Å². The minimum atomic E-state index is -3.40. The first-order valence-electron chi connectivity index (χ1n) is 6.87. The summed E-state index contributed by atoms with van der Waals surface area (Å²) in [5.41, 5.74) is 0.732. The van der Waals surface area contributed by atoms with Gasteiger partial charge in [-0.1, -0.05) is 26.8 Å². The van der Waals surface area contributed by atoms with Crippen LogP contribution in [0.25, 0.3) is 0 Å². The highest BCUT2D eigenvalue weighted by atomic mass is 32.2. The van der Waals surface area contributed by atoms with Crippen molar-refractivity contribution >= 4 is 15.8 Å². The number of hydrogen-bond acceptors (Lipinski definition) is 3. The Kier molecular flexibility index (Phi) is 5.74. The lowest BCUT2D eigenvalue weighted by atomic mass is 10.1. The first-order valence-corrected chi connectivity index (χ1v) is 8.52. The molecule has 0 amide bonds. The van der Waals surface area contributed by atoms with Gasteiger partial charge < -0.3 is 5.11 Å². The Morgan fingerprint density at radius 3 is 2.45 bits per heavy atom. The van der Waals surface area contributed by atoms with E-state index in [4.69, 9.17) is 5.11 Å². The van der Waals surface area contributed by atoms with Crippen molar-refractivity contribution in [1.29, 1.82) is 0 Å². The lowest BCUT2D eigenvalue weighted by molar-refractivity contribution is 0.0695. The molecule has 1 aromatic rings. The summed E-state index contributed by atoms with van der Waals surface area (Å²) in [4.78, 5) is 11.3. The van der Waals surface area contributed by atoms with E-state index in [2.05, 4.69) is 0 Å². The van der Waals surface area contributed by atoms with E-state index < -0.39 is 15.8 Å². The molecule has 112 valence electrons. The maximum atomic E-state index is 12.2. The van der Waals surface area contributed by atoms with Crippen LogP contribution in [0.5, 0.6) is 0 Å². The molecule has 0 spiro atoms. The summed E-state index contributed by atoms with van der Waals surface area (Å²) in [7, 11) is -3.40. The molecule has 0 fully saturated rings. The van der Waals surface area contributed by atoms with Crippen LogP contribution in [0.4, 0.5) is 0 Å². The zero-order valence-corrected chi connectivity index (χ0v) is 13.0. The van der Waals surface area contributed by atoms with E-state index in [9.17, 15) is 13.2 Å². The van der Waals surface area contributed by atoms with Gasteiger partial charge in [0.15, 0.2) is 9.84 Å². The summed E-state index contributed by atoms with van der Waals surface area (Å²) in [5.74, 6) is -0.557. The van der Waals surface area contributed by atoms with Gasteiger partial charge >= 0.3 is 5.97 Å². The molecular weight excluding hydrogens is 276 g/mol. The van der Waals surface area contributed by atoms with Crippen LogP contribution >= 0.6 is 0 Å². The molecule has 0 aromatic heterocycles. The van der Waals surface area contributed by atoms with Crippen molar-refractivity contribution in [1.82, 2.24) is 0 Å². The highest BCUT2D eigenvalue weighted by Gasteiger charge is 2.18. The topological polar surface area (TPSA) is 71.4 Å². The molecule has 0 unspecified atom stereocenters. The lowest BCUT2D eigenvalue weighted by Crippen LogP contribution is -2.10. The first kappa shape index (κ1) is 16.7. The number of hydrogen-bond donors (Lipinski definition) is 1. The number of benzene rings is 1. The Bertz CT molecular complexity index is 574. The first-order chi connectivity index (χ1) is 9.27. The van der Waals surface area contributed by atoms with E-state index in [1.54, 1.807) is 6.07 Å². The van der Waals surface area contributed by atoms with Crippen molar-refractivity contribution in [3.8, 4) is 0 Å². The molecule has 5 heteroatoms. The van der Waals surface area contributed by atoms with Gasteiger partial charge in [0, 0.05) is 0 Å². The zero-order chi connectivity index (χ0) is 15.3. The van der Waals surface area contributed by atoms with Gasteiger partial charge in [-0.2, -0.15) is 0 Å². The predicted molar refractivity (Wildman–Crippen MR) is 78.9 cm³/mol. The van der Waals surface area contributed by atoms with Gasteiger partial charge in [0.25, 0.3) is 0 Å². The fourth-order valence-electron chi connectivity index (χ4n) is 2.06. The molecule has 0 radical (unpaired) electrons. The smallest absolute Gasteiger partial charge is 0.336 e. The fourth-order valence-corrected chi connectivity index (χ4v) is 3.41. The quantitative estimate of drug-likeness (QED) is 0.839. The van der Waals surface area contributed by atoms with E-state index in [-0.39, 0.29) is 16.2 Å². The van der Waals surface area contributed by atoms with Gasteiger partial charge in [-0.15, -0.1) is 0 Å². The van der Waals surface area contributed by atoms with Crippen LogP contribution < -0.4 is 0 Å². The van der Waals surface area contributed by atoms with Crippen LogP contribution in [-0.4, -0.2) is 25.2 Å². The fraction of sp³-hybridized carbons (Fsp3) is 0.533. The Morgan fingerprint density at radius 1 is 1.30 bits per heavy atom. The van der Waals surface area contributed by atoms with E-state index in [1.165, 1.54) is 12.1 Å². The minimum absolute atomic E-state index is 0.0652. The number of rotatable bonds is 7. The molecule has 1 aromatic carbocycles. The molecule has 0 saturated heterocycles. The minimum Gasteiger partial charge on any atom is -0.478 e. The van der Waals surface area contributed by atoms with E-state index in [0.29, 0.717) is 24.3 Å². The second-order valence-electron chi connectivity index (χ2n) is 5.33. The third-order valence-corrected chi connectivity index (χ3v) is 5.04.